The van der Waals surface area contributed by atoms with Crippen molar-refractivity contribution >= 4 is 29.2 Å². The highest BCUT2D eigenvalue weighted by molar-refractivity contribution is 6.02. The van der Waals surface area contributed by atoms with Gasteiger partial charge in [-0.3, -0.25) is 9.59 Å². The van der Waals surface area contributed by atoms with Crippen LogP contribution in [0, 0.1) is 17.7 Å². The summed E-state index contributed by atoms with van der Waals surface area (Å²) in [5.41, 5.74) is 1.14. The molecule has 0 aromatic heterocycles. The van der Waals surface area contributed by atoms with Crippen LogP contribution in [0.5, 0.6) is 0 Å². The van der Waals surface area contributed by atoms with E-state index in [-0.39, 0.29) is 23.7 Å². The van der Waals surface area contributed by atoms with Gasteiger partial charge in [-0.05, 0) is 56.0 Å². The topological polar surface area (TPSA) is 84.5 Å². The summed E-state index contributed by atoms with van der Waals surface area (Å²) in [6.07, 6.45) is 2.26. The Labute approximate surface area is 168 Å². The van der Waals surface area contributed by atoms with Gasteiger partial charge in [-0.25, -0.2) is 9.18 Å². The van der Waals surface area contributed by atoms with Gasteiger partial charge in [0, 0.05) is 17.5 Å². The minimum atomic E-state index is -0.515. The Hall–Kier alpha value is -3.22. The van der Waals surface area contributed by atoms with Crippen molar-refractivity contribution in [3.05, 3.63) is 59.9 Å². The Bertz CT molecular complexity index is 907. The number of para-hydroxylation sites is 1. The van der Waals surface area contributed by atoms with Gasteiger partial charge in [0.15, 0.2) is 0 Å². The number of amides is 2. The lowest BCUT2D eigenvalue weighted by Crippen LogP contribution is -2.32. The fraction of sp³-hybridized carbons (Fsp3) is 0.318. The number of rotatable bonds is 5. The maximum absolute atomic E-state index is 13.3. The second-order valence-corrected chi connectivity index (χ2v) is 7.07. The van der Waals surface area contributed by atoms with Crippen LogP contribution in [-0.4, -0.2) is 24.9 Å². The summed E-state index contributed by atoms with van der Waals surface area (Å²) in [7, 11) is 1.29. The van der Waals surface area contributed by atoms with Crippen LogP contribution in [0.2, 0.25) is 0 Å². The third-order valence-electron chi connectivity index (χ3n) is 5.15. The molecule has 1 saturated carbocycles. The number of methoxy groups -OCH3 is 1. The number of halogens is 1. The van der Waals surface area contributed by atoms with Crippen LogP contribution in [0.3, 0.4) is 0 Å². The molecule has 0 radical (unpaired) electrons. The molecule has 0 heterocycles. The van der Waals surface area contributed by atoms with Gasteiger partial charge in [0.2, 0.25) is 11.8 Å². The summed E-state index contributed by atoms with van der Waals surface area (Å²) >= 11 is 0. The average Bonchev–Trinajstić information content (AvgIpc) is 2.73. The molecule has 1 aliphatic carbocycles. The fourth-order valence-electron chi connectivity index (χ4n) is 3.54. The van der Waals surface area contributed by atoms with Gasteiger partial charge in [-0.15, -0.1) is 0 Å². The first-order valence-corrected chi connectivity index (χ1v) is 9.52. The molecular weight excluding hydrogens is 375 g/mol. The van der Waals surface area contributed by atoms with Gasteiger partial charge >= 0.3 is 5.97 Å². The van der Waals surface area contributed by atoms with E-state index in [4.69, 9.17) is 4.74 Å². The van der Waals surface area contributed by atoms with Crippen molar-refractivity contribution in [2.75, 3.05) is 17.7 Å². The molecule has 0 unspecified atom stereocenters. The minimum Gasteiger partial charge on any atom is -0.465 e. The number of benzene rings is 2. The van der Waals surface area contributed by atoms with Gasteiger partial charge in [0.25, 0.3) is 0 Å². The zero-order valence-electron chi connectivity index (χ0n) is 16.1. The summed E-state index contributed by atoms with van der Waals surface area (Å²) in [5, 5.41) is 5.54. The van der Waals surface area contributed by atoms with Gasteiger partial charge in [-0.2, -0.15) is 0 Å². The maximum Gasteiger partial charge on any atom is 0.339 e. The highest BCUT2D eigenvalue weighted by atomic mass is 19.1. The molecule has 0 spiro atoms. The Balaban J connectivity index is 1.55. The first kappa shape index (κ1) is 20.5. The quantitative estimate of drug-likeness (QED) is 0.746. The molecule has 2 N–H and O–H groups in total. The Morgan fingerprint density at radius 1 is 0.897 bits per heavy atom. The minimum absolute atomic E-state index is 0.162. The Kier molecular flexibility index (Phi) is 6.59. The molecule has 6 nitrogen and oxygen atoms in total. The SMILES string of the molecule is COC(=O)c1ccccc1NC(=O)C1CCC(C(=O)Nc2cccc(F)c2)CC1. The summed E-state index contributed by atoms with van der Waals surface area (Å²) in [4.78, 5) is 36.9. The second-order valence-electron chi connectivity index (χ2n) is 7.07. The van der Waals surface area contributed by atoms with Gasteiger partial charge in [-0.1, -0.05) is 18.2 Å². The van der Waals surface area contributed by atoms with E-state index in [1.54, 1.807) is 36.4 Å². The van der Waals surface area contributed by atoms with E-state index in [1.165, 1.54) is 19.2 Å². The Morgan fingerprint density at radius 3 is 2.14 bits per heavy atom. The number of ether oxygens (including phenoxy) is 1. The maximum atomic E-state index is 13.3. The number of hydrogen-bond acceptors (Lipinski definition) is 4. The molecule has 1 aliphatic rings. The van der Waals surface area contributed by atoms with Crippen molar-refractivity contribution in [2.24, 2.45) is 11.8 Å². The molecule has 0 atom stereocenters. The lowest BCUT2D eigenvalue weighted by atomic mass is 9.81. The molecule has 1 fully saturated rings. The van der Waals surface area contributed by atoms with Crippen molar-refractivity contribution in [3.8, 4) is 0 Å². The lowest BCUT2D eigenvalue weighted by molar-refractivity contribution is -0.125. The molecule has 3 rings (SSSR count). The van der Waals surface area contributed by atoms with E-state index in [1.807, 2.05) is 0 Å². The Morgan fingerprint density at radius 2 is 1.52 bits per heavy atom. The highest BCUT2D eigenvalue weighted by Gasteiger charge is 2.30. The van der Waals surface area contributed by atoms with Crippen LogP contribution in [-0.2, 0) is 14.3 Å². The molecule has 152 valence electrons. The van der Waals surface area contributed by atoms with Gasteiger partial charge in [0.1, 0.15) is 5.82 Å². The monoisotopic (exact) mass is 398 g/mol. The van der Waals surface area contributed by atoms with Crippen LogP contribution in [0.25, 0.3) is 0 Å². The van der Waals surface area contributed by atoms with E-state index in [2.05, 4.69) is 10.6 Å². The number of carbonyl (C=O) groups is 3. The zero-order chi connectivity index (χ0) is 20.8. The van der Waals surface area contributed by atoms with Crippen LogP contribution in [0.4, 0.5) is 15.8 Å². The molecule has 0 bridgehead atoms. The number of hydrogen-bond donors (Lipinski definition) is 2. The normalized spacial score (nSPS) is 18.6. The van der Waals surface area contributed by atoms with Crippen LogP contribution in [0.1, 0.15) is 36.0 Å². The number of carbonyl (C=O) groups excluding carboxylic acids is 3. The van der Waals surface area contributed by atoms with E-state index in [0.29, 0.717) is 42.6 Å². The first-order chi connectivity index (χ1) is 14.0. The van der Waals surface area contributed by atoms with Crippen molar-refractivity contribution < 1.29 is 23.5 Å². The summed E-state index contributed by atoms with van der Waals surface area (Å²) in [6, 6.07) is 12.4. The van der Waals surface area contributed by atoms with E-state index < -0.39 is 11.8 Å². The van der Waals surface area contributed by atoms with Gasteiger partial charge in [0.05, 0.1) is 18.4 Å². The molecule has 2 amide bonds. The summed E-state index contributed by atoms with van der Waals surface area (Å²) < 4.78 is 18.0. The molecule has 0 aliphatic heterocycles. The largest absolute Gasteiger partial charge is 0.465 e. The summed E-state index contributed by atoms with van der Waals surface area (Å²) in [6.45, 7) is 0. The smallest absolute Gasteiger partial charge is 0.339 e. The van der Waals surface area contributed by atoms with Gasteiger partial charge < -0.3 is 15.4 Å². The zero-order valence-corrected chi connectivity index (χ0v) is 16.1. The average molecular weight is 398 g/mol. The predicted octanol–water partition coefficient (Wildman–Crippen LogP) is 4.00. The van der Waals surface area contributed by atoms with Crippen LogP contribution in [0.15, 0.2) is 48.5 Å². The molecule has 2 aromatic carbocycles. The predicted molar refractivity (Wildman–Crippen MR) is 107 cm³/mol. The highest BCUT2D eigenvalue weighted by Crippen LogP contribution is 2.31. The molecule has 7 heteroatoms. The molecular formula is C22H23FN2O4. The number of nitrogens with one attached hydrogen (secondary N) is 2. The van der Waals surface area contributed by atoms with E-state index >= 15 is 0 Å². The summed E-state index contributed by atoms with van der Waals surface area (Å²) in [5.74, 6) is -1.71. The van der Waals surface area contributed by atoms with Crippen LogP contribution < -0.4 is 10.6 Å². The fourth-order valence-corrected chi connectivity index (χ4v) is 3.54. The number of anilines is 2. The van der Waals surface area contributed by atoms with Crippen molar-refractivity contribution in [3.63, 3.8) is 0 Å². The molecule has 2 aromatic rings. The van der Waals surface area contributed by atoms with Crippen molar-refractivity contribution in [2.45, 2.75) is 25.7 Å². The molecule has 0 saturated heterocycles. The standard InChI is InChI=1S/C22H23FN2O4/c1-29-22(28)18-7-2-3-8-19(18)25-21(27)15-11-9-14(10-12-15)20(26)24-17-6-4-5-16(23)13-17/h2-8,13-15H,9-12H2,1H3,(H,24,26)(H,25,27). The second kappa shape index (κ2) is 9.32. The third-order valence-corrected chi connectivity index (χ3v) is 5.15. The number of esters is 1. The van der Waals surface area contributed by atoms with Crippen molar-refractivity contribution in [1.82, 2.24) is 0 Å². The van der Waals surface area contributed by atoms with Crippen molar-refractivity contribution in [1.29, 1.82) is 0 Å². The third kappa shape index (κ3) is 5.19. The lowest BCUT2D eigenvalue weighted by Gasteiger charge is -2.27. The first-order valence-electron chi connectivity index (χ1n) is 9.52. The molecule has 29 heavy (non-hydrogen) atoms. The van der Waals surface area contributed by atoms with E-state index in [9.17, 15) is 18.8 Å². The van der Waals surface area contributed by atoms with E-state index in [0.717, 1.165) is 0 Å². The van der Waals surface area contributed by atoms with Crippen LogP contribution >= 0.6 is 0 Å².